The van der Waals surface area contributed by atoms with E-state index >= 15 is 0 Å². The number of aromatic carboxylic acids is 1. The Labute approximate surface area is 203 Å². The number of rotatable bonds is 11. The van der Waals surface area contributed by atoms with Crippen LogP contribution in [-0.2, 0) is 6.42 Å². The Balaban J connectivity index is 1.88. The van der Waals surface area contributed by atoms with Crippen molar-refractivity contribution in [3.8, 4) is 22.6 Å². The number of methoxy groups -OCH3 is 1. The van der Waals surface area contributed by atoms with Gasteiger partial charge in [-0.25, -0.2) is 9.59 Å². The van der Waals surface area contributed by atoms with Crippen LogP contribution in [0.1, 0.15) is 58.9 Å². The molecule has 0 spiro atoms. The molecule has 1 N–H and O–H groups in total. The van der Waals surface area contributed by atoms with Gasteiger partial charge in [-0.15, -0.1) is 0 Å². The summed E-state index contributed by atoms with van der Waals surface area (Å²) in [6, 6.07) is 15.3. The highest BCUT2D eigenvalue weighted by atomic mass is 16.6. The van der Waals surface area contributed by atoms with Crippen LogP contribution >= 0.6 is 0 Å². The molecule has 0 aromatic heterocycles. The predicted octanol–water partition coefficient (Wildman–Crippen LogP) is 6.31. The van der Waals surface area contributed by atoms with Crippen molar-refractivity contribution in [3.05, 3.63) is 87.5 Å². The lowest BCUT2D eigenvalue weighted by Gasteiger charge is -2.17. The van der Waals surface area contributed by atoms with Crippen molar-refractivity contribution < 1.29 is 29.1 Å². The molecular formula is C27H27NO7. The molecule has 3 rings (SSSR count). The molecule has 0 heterocycles. The van der Waals surface area contributed by atoms with Crippen molar-refractivity contribution in [2.24, 2.45) is 0 Å². The van der Waals surface area contributed by atoms with Gasteiger partial charge in [-0.05, 0) is 54.3 Å². The standard InChI is InChI=1S/C27H27NO7/c1-3-4-5-6-7-18-12-17-23(26(29)30)25(34-2)24(18)19-8-10-20(11-9-19)27(31)35-22-15-13-21(14-16-22)28(32)33/h8-17H,3-7H2,1-2H3,(H,29,30). The van der Waals surface area contributed by atoms with Gasteiger partial charge in [0.15, 0.2) is 0 Å². The first-order valence-electron chi connectivity index (χ1n) is 11.4. The topological polar surface area (TPSA) is 116 Å². The summed E-state index contributed by atoms with van der Waals surface area (Å²) < 4.78 is 10.8. The number of hydrogen-bond donors (Lipinski definition) is 1. The highest BCUT2D eigenvalue weighted by molar-refractivity contribution is 5.96. The highest BCUT2D eigenvalue weighted by Gasteiger charge is 2.20. The SMILES string of the molecule is CCCCCCc1ccc(C(=O)O)c(OC)c1-c1ccc(C(=O)Oc2ccc([N+](=O)[O-])cc2)cc1. The molecule has 0 amide bonds. The maximum Gasteiger partial charge on any atom is 0.343 e. The van der Waals surface area contributed by atoms with Crippen molar-refractivity contribution in [2.75, 3.05) is 7.11 Å². The lowest BCUT2D eigenvalue weighted by atomic mass is 9.92. The Bertz CT molecular complexity index is 1200. The average molecular weight is 478 g/mol. The van der Waals surface area contributed by atoms with Crippen molar-refractivity contribution in [1.29, 1.82) is 0 Å². The third kappa shape index (κ3) is 6.23. The zero-order chi connectivity index (χ0) is 25.4. The molecule has 35 heavy (non-hydrogen) atoms. The van der Waals surface area contributed by atoms with Gasteiger partial charge in [0, 0.05) is 17.7 Å². The first-order valence-corrected chi connectivity index (χ1v) is 11.4. The number of nitro benzene ring substituents is 1. The maximum atomic E-state index is 12.6. The zero-order valence-electron chi connectivity index (χ0n) is 19.7. The first kappa shape index (κ1) is 25.4. The molecule has 0 aliphatic carbocycles. The van der Waals surface area contributed by atoms with Gasteiger partial charge in [0.05, 0.1) is 17.6 Å². The monoisotopic (exact) mass is 477 g/mol. The number of hydrogen-bond acceptors (Lipinski definition) is 6. The molecule has 0 saturated carbocycles. The Morgan fingerprint density at radius 2 is 1.63 bits per heavy atom. The molecule has 0 unspecified atom stereocenters. The van der Waals surface area contributed by atoms with E-state index in [9.17, 15) is 24.8 Å². The Kier molecular flexibility index (Phi) is 8.56. The molecule has 3 aromatic rings. The van der Waals surface area contributed by atoms with E-state index in [1.54, 1.807) is 30.3 Å². The molecule has 8 nitrogen and oxygen atoms in total. The summed E-state index contributed by atoms with van der Waals surface area (Å²) in [5.74, 6) is -1.22. The number of non-ortho nitro benzene ring substituents is 1. The highest BCUT2D eigenvalue weighted by Crippen LogP contribution is 2.37. The number of carbonyl (C=O) groups is 2. The number of ether oxygens (including phenoxy) is 2. The van der Waals surface area contributed by atoms with E-state index in [1.165, 1.54) is 31.4 Å². The summed E-state index contributed by atoms with van der Waals surface area (Å²) in [5, 5.41) is 20.4. The summed E-state index contributed by atoms with van der Waals surface area (Å²) in [4.78, 5) is 34.6. The minimum absolute atomic E-state index is 0.0708. The van der Waals surface area contributed by atoms with E-state index in [-0.39, 0.29) is 28.3 Å². The lowest BCUT2D eigenvalue weighted by molar-refractivity contribution is -0.384. The van der Waals surface area contributed by atoms with Gasteiger partial charge in [-0.2, -0.15) is 0 Å². The van der Waals surface area contributed by atoms with Crippen molar-refractivity contribution in [3.63, 3.8) is 0 Å². The summed E-state index contributed by atoms with van der Waals surface area (Å²) in [6.07, 6.45) is 5.06. The van der Waals surface area contributed by atoms with E-state index < -0.39 is 16.9 Å². The fraction of sp³-hybridized carbons (Fsp3) is 0.259. The van der Waals surface area contributed by atoms with Gasteiger partial charge in [-0.3, -0.25) is 10.1 Å². The molecule has 0 saturated heterocycles. The van der Waals surface area contributed by atoms with Gasteiger partial charge in [0.2, 0.25) is 0 Å². The molecule has 0 atom stereocenters. The summed E-state index contributed by atoms with van der Waals surface area (Å²) in [7, 11) is 1.45. The van der Waals surface area contributed by atoms with Crippen LogP contribution in [0.2, 0.25) is 0 Å². The molecular weight excluding hydrogens is 450 g/mol. The van der Waals surface area contributed by atoms with Gasteiger partial charge >= 0.3 is 11.9 Å². The number of carbonyl (C=O) groups excluding carboxylic acids is 1. The summed E-state index contributed by atoms with van der Waals surface area (Å²) in [5.41, 5.74) is 2.65. The van der Waals surface area contributed by atoms with E-state index in [0.29, 0.717) is 5.56 Å². The minimum Gasteiger partial charge on any atom is -0.495 e. The van der Waals surface area contributed by atoms with Crippen molar-refractivity contribution in [2.45, 2.75) is 39.0 Å². The Hall–Kier alpha value is -4.20. The van der Waals surface area contributed by atoms with Crippen LogP contribution in [0.4, 0.5) is 5.69 Å². The molecule has 0 aliphatic heterocycles. The molecule has 182 valence electrons. The third-order valence-electron chi connectivity index (χ3n) is 5.65. The maximum absolute atomic E-state index is 12.6. The van der Waals surface area contributed by atoms with Crippen LogP contribution in [0, 0.1) is 10.1 Å². The third-order valence-corrected chi connectivity index (χ3v) is 5.65. The number of esters is 1. The average Bonchev–Trinajstić information content (AvgIpc) is 2.86. The minimum atomic E-state index is -1.08. The zero-order valence-corrected chi connectivity index (χ0v) is 19.7. The van der Waals surface area contributed by atoms with Crippen LogP contribution in [-0.4, -0.2) is 29.1 Å². The second-order valence-electron chi connectivity index (χ2n) is 8.01. The molecule has 0 fully saturated rings. The van der Waals surface area contributed by atoms with Crippen LogP contribution in [0.5, 0.6) is 11.5 Å². The van der Waals surface area contributed by atoms with Crippen LogP contribution < -0.4 is 9.47 Å². The molecule has 0 bridgehead atoms. The Morgan fingerprint density at radius 1 is 0.943 bits per heavy atom. The van der Waals surface area contributed by atoms with Gasteiger partial charge in [-0.1, -0.05) is 44.4 Å². The largest absolute Gasteiger partial charge is 0.495 e. The second-order valence-corrected chi connectivity index (χ2v) is 8.01. The van der Waals surface area contributed by atoms with E-state index in [4.69, 9.17) is 9.47 Å². The lowest BCUT2D eigenvalue weighted by Crippen LogP contribution is -2.08. The summed E-state index contributed by atoms with van der Waals surface area (Å²) >= 11 is 0. The number of nitro groups is 1. The number of carboxylic acid groups (broad SMARTS) is 1. The number of carboxylic acids is 1. The normalized spacial score (nSPS) is 10.6. The number of benzene rings is 3. The number of aryl methyl sites for hydroxylation is 1. The molecule has 0 radical (unpaired) electrons. The second kappa shape index (κ2) is 11.8. The van der Waals surface area contributed by atoms with E-state index in [1.807, 2.05) is 6.07 Å². The fourth-order valence-electron chi connectivity index (χ4n) is 3.85. The molecule has 3 aromatic carbocycles. The van der Waals surface area contributed by atoms with Crippen LogP contribution in [0.25, 0.3) is 11.1 Å². The fourth-order valence-corrected chi connectivity index (χ4v) is 3.85. The van der Waals surface area contributed by atoms with Gasteiger partial charge < -0.3 is 14.6 Å². The quantitative estimate of drug-likeness (QED) is 0.113. The van der Waals surface area contributed by atoms with Crippen molar-refractivity contribution in [1.82, 2.24) is 0 Å². The number of unbranched alkanes of at least 4 members (excludes halogenated alkanes) is 3. The molecule has 8 heteroatoms. The Morgan fingerprint density at radius 3 is 2.20 bits per heavy atom. The van der Waals surface area contributed by atoms with E-state index in [2.05, 4.69) is 6.92 Å². The van der Waals surface area contributed by atoms with Gasteiger partial charge in [0.25, 0.3) is 5.69 Å². The summed E-state index contributed by atoms with van der Waals surface area (Å²) in [6.45, 7) is 2.14. The van der Waals surface area contributed by atoms with Crippen LogP contribution in [0.15, 0.2) is 60.7 Å². The molecule has 0 aliphatic rings. The van der Waals surface area contributed by atoms with Gasteiger partial charge in [0.1, 0.15) is 17.1 Å². The van der Waals surface area contributed by atoms with Crippen LogP contribution in [0.3, 0.4) is 0 Å². The first-order chi connectivity index (χ1) is 16.8. The predicted molar refractivity (Wildman–Crippen MR) is 131 cm³/mol. The van der Waals surface area contributed by atoms with E-state index in [0.717, 1.165) is 43.2 Å². The smallest absolute Gasteiger partial charge is 0.343 e. The number of nitrogens with zero attached hydrogens (tertiary/aromatic N) is 1. The van der Waals surface area contributed by atoms with Crippen molar-refractivity contribution >= 4 is 17.6 Å².